The van der Waals surface area contributed by atoms with Gasteiger partial charge >= 0.3 is 0 Å². The van der Waals surface area contributed by atoms with Gasteiger partial charge in [-0.1, -0.05) is 42.5 Å². The van der Waals surface area contributed by atoms with Crippen LogP contribution in [0.5, 0.6) is 5.75 Å². The number of nitrogens with one attached hydrogen (secondary N) is 1. The maximum Gasteiger partial charge on any atom is 0.280 e. The molecule has 2 aromatic carbocycles. The first-order valence-corrected chi connectivity index (χ1v) is 12.1. The third kappa shape index (κ3) is 4.99. The van der Waals surface area contributed by atoms with E-state index >= 15 is 0 Å². The summed E-state index contributed by atoms with van der Waals surface area (Å²) in [6.45, 7) is 0.344. The second-order valence-corrected chi connectivity index (χ2v) is 8.69. The predicted octanol–water partition coefficient (Wildman–Crippen LogP) is 2.51. The molecule has 10 heteroatoms. The number of pyridine rings is 1. The molecule has 1 aliphatic rings. The fourth-order valence-corrected chi connectivity index (χ4v) is 4.42. The van der Waals surface area contributed by atoms with Crippen molar-refractivity contribution in [1.29, 1.82) is 0 Å². The van der Waals surface area contributed by atoms with Crippen molar-refractivity contribution >= 4 is 11.8 Å². The average Bonchev–Trinajstić information content (AvgIpc) is 3.65. The predicted molar refractivity (Wildman–Crippen MR) is 139 cm³/mol. The van der Waals surface area contributed by atoms with Crippen molar-refractivity contribution in [2.45, 2.75) is 18.2 Å². The van der Waals surface area contributed by atoms with Gasteiger partial charge in [-0.05, 0) is 42.3 Å². The van der Waals surface area contributed by atoms with Gasteiger partial charge < -0.3 is 25.3 Å². The second-order valence-electron chi connectivity index (χ2n) is 8.69. The molecule has 0 spiro atoms. The third-order valence-electron chi connectivity index (χ3n) is 6.33. The molecular weight excluding hydrogens is 486 g/mol. The van der Waals surface area contributed by atoms with Crippen LogP contribution < -0.4 is 15.8 Å². The van der Waals surface area contributed by atoms with Crippen molar-refractivity contribution in [2.24, 2.45) is 5.73 Å². The second kappa shape index (κ2) is 10.8. The number of amides is 2. The molecular formula is C28H27N5O5. The highest BCUT2D eigenvalue weighted by molar-refractivity contribution is 5.98. The lowest BCUT2D eigenvalue weighted by atomic mass is 9.97. The minimum Gasteiger partial charge on any atom is -0.497 e. The molecule has 0 aliphatic carbocycles. The van der Waals surface area contributed by atoms with Crippen molar-refractivity contribution in [3.8, 4) is 22.8 Å². The summed E-state index contributed by atoms with van der Waals surface area (Å²) >= 11 is 0. The number of ether oxygens (including phenoxy) is 3. The number of carbonyl (C=O) groups is 2. The van der Waals surface area contributed by atoms with Gasteiger partial charge in [0.1, 0.15) is 5.75 Å². The first-order valence-electron chi connectivity index (χ1n) is 12.1. The van der Waals surface area contributed by atoms with Gasteiger partial charge in [0.05, 0.1) is 37.6 Å². The molecule has 5 rings (SSSR count). The van der Waals surface area contributed by atoms with E-state index in [2.05, 4.69) is 15.4 Å². The third-order valence-corrected chi connectivity index (χ3v) is 6.33. The van der Waals surface area contributed by atoms with Crippen LogP contribution in [0.1, 0.15) is 15.9 Å². The van der Waals surface area contributed by atoms with Gasteiger partial charge in [0, 0.05) is 18.0 Å². The maximum atomic E-state index is 13.7. The van der Waals surface area contributed by atoms with Crippen LogP contribution >= 0.6 is 0 Å². The Kier molecular flexibility index (Phi) is 7.16. The zero-order valence-electron chi connectivity index (χ0n) is 20.7. The molecule has 1 atom stereocenters. The van der Waals surface area contributed by atoms with Crippen LogP contribution in [0.3, 0.4) is 0 Å². The van der Waals surface area contributed by atoms with Crippen LogP contribution in [-0.2, 0) is 20.7 Å². The summed E-state index contributed by atoms with van der Waals surface area (Å²) in [5.74, 6) is -2.11. The van der Waals surface area contributed by atoms with E-state index in [0.717, 1.165) is 16.8 Å². The molecule has 3 heterocycles. The van der Waals surface area contributed by atoms with Crippen LogP contribution in [0.4, 0.5) is 0 Å². The van der Waals surface area contributed by atoms with E-state index in [1.54, 1.807) is 48.5 Å². The number of benzene rings is 2. The molecule has 4 aromatic rings. The molecule has 10 nitrogen and oxygen atoms in total. The van der Waals surface area contributed by atoms with Gasteiger partial charge in [-0.2, -0.15) is 5.10 Å². The number of methoxy groups -OCH3 is 1. The minimum atomic E-state index is -1.82. The van der Waals surface area contributed by atoms with E-state index in [9.17, 15) is 9.59 Å². The summed E-state index contributed by atoms with van der Waals surface area (Å²) in [5, 5.41) is 7.54. The van der Waals surface area contributed by atoms with Gasteiger partial charge in [0.25, 0.3) is 17.6 Å². The highest BCUT2D eigenvalue weighted by Gasteiger charge is 2.51. The van der Waals surface area contributed by atoms with Gasteiger partial charge in [-0.25, -0.2) is 9.67 Å². The maximum absolute atomic E-state index is 13.7. The van der Waals surface area contributed by atoms with Crippen molar-refractivity contribution in [3.63, 3.8) is 0 Å². The first-order chi connectivity index (χ1) is 18.5. The molecule has 2 amide bonds. The fourth-order valence-electron chi connectivity index (χ4n) is 4.42. The van der Waals surface area contributed by atoms with Crippen LogP contribution in [-0.4, -0.2) is 58.7 Å². The summed E-state index contributed by atoms with van der Waals surface area (Å²) in [6, 6.07) is 21.2. The number of hydrogen-bond donors (Lipinski definition) is 2. The van der Waals surface area contributed by atoms with Gasteiger partial charge in [0.2, 0.25) is 0 Å². The zero-order valence-corrected chi connectivity index (χ0v) is 20.7. The highest BCUT2D eigenvalue weighted by Crippen LogP contribution is 2.27. The van der Waals surface area contributed by atoms with Gasteiger partial charge in [-0.15, -0.1) is 0 Å². The Bertz CT molecular complexity index is 1420. The van der Waals surface area contributed by atoms with E-state index in [1.165, 1.54) is 0 Å². The largest absolute Gasteiger partial charge is 0.497 e. The van der Waals surface area contributed by atoms with Crippen molar-refractivity contribution in [3.05, 3.63) is 96.3 Å². The number of carbonyl (C=O) groups excluding carboxylic acids is 2. The smallest absolute Gasteiger partial charge is 0.280 e. The number of nitrogens with zero attached hydrogens (tertiary/aromatic N) is 3. The Morgan fingerprint density at radius 3 is 2.47 bits per heavy atom. The normalized spacial score (nSPS) is 15.1. The molecule has 2 aromatic heterocycles. The van der Waals surface area contributed by atoms with Gasteiger partial charge in [0.15, 0.2) is 5.82 Å². The Balaban J connectivity index is 1.46. The fraction of sp³-hybridized carbons (Fsp3) is 0.214. The lowest BCUT2D eigenvalue weighted by molar-refractivity contribution is -0.189. The van der Waals surface area contributed by atoms with Crippen LogP contribution in [0.25, 0.3) is 17.1 Å². The van der Waals surface area contributed by atoms with E-state index in [0.29, 0.717) is 11.6 Å². The van der Waals surface area contributed by atoms with E-state index in [1.807, 2.05) is 48.5 Å². The molecule has 194 valence electrons. The number of aromatic nitrogens is 3. The number of rotatable bonds is 9. The van der Waals surface area contributed by atoms with Gasteiger partial charge in [-0.3, -0.25) is 9.59 Å². The van der Waals surface area contributed by atoms with Crippen molar-refractivity contribution in [2.75, 3.05) is 20.3 Å². The molecule has 0 radical (unpaired) electrons. The Morgan fingerprint density at radius 2 is 1.79 bits per heavy atom. The SMILES string of the molecule is COc1ccc(CC(NC(=O)c2cccnc2-n2ccc(-c3ccccc3)n2)C2(C(N)=O)OCCO2)cc1. The van der Waals surface area contributed by atoms with E-state index in [-0.39, 0.29) is 25.2 Å². The Morgan fingerprint density at radius 1 is 1.05 bits per heavy atom. The topological polar surface area (TPSA) is 131 Å². The first kappa shape index (κ1) is 25.1. The average molecular weight is 514 g/mol. The monoisotopic (exact) mass is 513 g/mol. The quantitative estimate of drug-likeness (QED) is 0.352. The highest BCUT2D eigenvalue weighted by atomic mass is 16.7. The zero-order chi connectivity index (χ0) is 26.5. The molecule has 0 saturated carbocycles. The summed E-state index contributed by atoms with van der Waals surface area (Å²) in [4.78, 5) is 30.6. The lowest BCUT2D eigenvalue weighted by Gasteiger charge is -2.33. The molecule has 1 aliphatic heterocycles. The Hall–Kier alpha value is -4.54. The number of hydrogen-bond acceptors (Lipinski definition) is 7. The van der Waals surface area contributed by atoms with Crippen molar-refractivity contribution in [1.82, 2.24) is 20.1 Å². The summed E-state index contributed by atoms with van der Waals surface area (Å²) < 4.78 is 18.2. The molecule has 1 fully saturated rings. The lowest BCUT2D eigenvalue weighted by Crippen LogP contribution is -2.61. The van der Waals surface area contributed by atoms with Crippen molar-refractivity contribution < 1.29 is 23.8 Å². The summed E-state index contributed by atoms with van der Waals surface area (Å²) in [5.41, 5.74) is 8.49. The molecule has 38 heavy (non-hydrogen) atoms. The molecule has 3 N–H and O–H groups in total. The molecule has 1 saturated heterocycles. The Labute approximate surface area is 219 Å². The summed E-state index contributed by atoms with van der Waals surface area (Å²) in [7, 11) is 1.58. The van der Waals surface area contributed by atoms with Crippen LogP contribution in [0, 0.1) is 0 Å². The van der Waals surface area contributed by atoms with E-state index < -0.39 is 23.6 Å². The molecule has 0 bridgehead atoms. The minimum absolute atomic E-state index is 0.172. The number of primary amides is 1. The molecule has 1 unspecified atom stereocenters. The number of nitrogens with two attached hydrogens (primary N) is 1. The van der Waals surface area contributed by atoms with Crippen LogP contribution in [0.15, 0.2) is 85.2 Å². The standard InChI is InChI=1S/C28H27N5O5/c1-36-21-11-9-19(10-12-21)18-24(28(27(29)35)37-16-17-38-28)31-26(34)22-8-5-14-30-25(22)33-15-13-23(32-33)20-6-3-2-4-7-20/h2-15,24H,16-18H2,1H3,(H2,29,35)(H,31,34). The van der Waals surface area contributed by atoms with Crippen LogP contribution in [0.2, 0.25) is 0 Å². The summed E-state index contributed by atoms with van der Waals surface area (Å²) in [6.07, 6.45) is 3.54. The van der Waals surface area contributed by atoms with E-state index in [4.69, 9.17) is 19.9 Å².